The maximum atomic E-state index is 12.5. The van der Waals surface area contributed by atoms with E-state index in [1.54, 1.807) is 11.0 Å². The Bertz CT molecular complexity index is 888. The highest BCUT2D eigenvalue weighted by Gasteiger charge is 2.23. The van der Waals surface area contributed by atoms with Crippen LogP contribution in [0.2, 0.25) is 0 Å². The Morgan fingerprint density at radius 1 is 1.03 bits per heavy atom. The van der Waals surface area contributed by atoms with Gasteiger partial charge >= 0.3 is 0 Å². The number of carbonyl (C=O) groups is 2. The minimum absolute atomic E-state index is 0.0138. The summed E-state index contributed by atoms with van der Waals surface area (Å²) in [6, 6.07) is 10.7. The highest BCUT2D eigenvalue weighted by atomic mass is 16.6. The molecule has 3 rings (SSSR count). The zero-order chi connectivity index (χ0) is 21.5. The average molecular weight is 410 g/mol. The fourth-order valence-electron chi connectivity index (χ4n) is 3.53. The zero-order valence-electron chi connectivity index (χ0n) is 17.1. The van der Waals surface area contributed by atoms with Crippen molar-refractivity contribution in [2.24, 2.45) is 0 Å². The molecule has 1 amide bonds. The topological polar surface area (TPSA) is 96.7 Å². The summed E-state index contributed by atoms with van der Waals surface area (Å²) in [6.07, 6.45) is 3.71. The molecular formula is C22H26N4O4. The van der Waals surface area contributed by atoms with E-state index in [0.717, 1.165) is 12.8 Å². The molecule has 1 saturated heterocycles. The summed E-state index contributed by atoms with van der Waals surface area (Å²) in [4.78, 5) is 43.0. The van der Waals surface area contributed by atoms with Gasteiger partial charge in [-0.05, 0) is 18.1 Å². The number of pyridine rings is 1. The molecule has 158 valence electrons. The van der Waals surface area contributed by atoms with E-state index in [1.807, 2.05) is 29.2 Å². The van der Waals surface area contributed by atoms with Crippen molar-refractivity contribution in [3.05, 3.63) is 63.8 Å². The maximum Gasteiger partial charge on any atom is 0.287 e. The van der Waals surface area contributed by atoms with E-state index in [4.69, 9.17) is 0 Å². The molecule has 0 unspecified atom stereocenters. The first kappa shape index (κ1) is 21.4. The van der Waals surface area contributed by atoms with Gasteiger partial charge in [-0.25, -0.2) is 4.98 Å². The number of piperazine rings is 1. The highest BCUT2D eigenvalue weighted by molar-refractivity contribution is 5.98. The van der Waals surface area contributed by atoms with Crippen LogP contribution < -0.4 is 4.90 Å². The number of benzene rings is 1. The predicted molar refractivity (Wildman–Crippen MR) is 114 cm³/mol. The molecule has 1 aliphatic rings. The lowest BCUT2D eigenvalue weighted by molar-refractivity contribution is -0.385. The lowest BCUT2D eigenvalue weighted by Crippen LogP contribution is -2.49. The summed E-state index contributed by atoms with van der Waals surface area (Å²) in [7, 11) is 0. The van der Waals surface area contributed by atoms with Crippen molar-refractivity contribution >= 4 is 23.2 Å². The van der Waals surface area contributed by atoms with E-state index in [1.165, 1.54) is 17.8 Å². The summed E-state index contributed by atoms with van der Waals surface area (Å²) < 4.78 is 0. The molecule has 1 aliphatic heterocycles. The molecule has 0 spiro atoms. The van der Waals surface area contributed by atoms with Crippen LogP contribution in [0.4, 0.5) is 11.5 Å². The Kier molecular flexibility index (Phi) is 7.11. The van der Waals surface area contributed by atoms with Crippen molar-refractivity contribution in [3.8, 4) is 0 Å². The van der Waals surface area contributed by atoms with Gasteiger partial charge in [0.2, 0.25) is 5.91 Å². The number of Topliss-reactive ketones (excluding diaryl/α,β-unsaturated/α-hetero) is 1. The smallest absolute Gasteiger partial charge is 0.287 e. The van der Waals surface area contributed by atoms with Gasteiger partial charge in [-0.2, -0.15) is 0 Å². The number of rotatable bonds is 8. The maximum absolute atomic E-state index is 12.5. The van der Waals surface area contributed by atoms with Crippen molar-refractivity contribution in [1.29, 1.82) is 0 Å². The number of nitrogens with zero attached hydrogens (tertiary/aromatic N) is 4. The monoisotopic (exact) mass is 410 g/mol. The van der Waals surface area contributed by atoms with E-state index in [0.29, 0.717) is 37.6 Å². The molecule has 8 nitrogen and oxygen atoms in total. The van der Waals surface area contributed by atoms with Crippen LogP contribution in [-0.4, -0.2) is 52.7 Å². The van der Waals surface area contributed by atoms with E-state index < -0.39 is 4.92 Å². The zero-order valence-corrected chi connectivity index (χ0v) is 17.1. The molecule has 8 heteroatoms. The van der Waals surface area contributed by atoms with Crippen molar-refractivity contribution in [2.45, 2.75) is 32.6 Å². The first-order valence-electron chi connectivity index (χ1n) is 10.2. The Balaban J connectivity index is 1.45. The van der Waals surface area contributed by atoms with Crippen LogP contribution in [0.25, 0.3) is 0 Å². The average Bonchev–Trinajstić information content (AvgIpc) is 2.78. The molecule has 1 aromatic heterocycles. The molecule has 2 aromatic rings. The summed E-state index contributed by atoms with van der Waals surface area (Å²) in [5.41, 5.74) is 1.82. The molecule has 0 aliphatic carbocycles. The third-order valence-corrected chi connectivity index (χ3v) is 5.28. The second-order valence-corrected chi connectivity index (χ2v) is 7.37. The lowest BCUT2D eigenvalue weighted by atomic mass is 10.0. The molecule has 0 bridgehead atoms. The second kappa shape index (κ2) is 9.96. The molecule has 0 atom stereocenters. The van der Waals surface area contributed by atoms with Crippen molar-refractivity contribution in [1.82, 2.24) is 9.88 Å². The first-order valence-corrected chi connectivity index (χ1v) is 10.2. The quantitative estimate of drug-likeness (QED) is 0.376. The number of carbonyl (C=O) groups excluding carboxylic acids is 2. The van der Waals surface area contributed by atoms with Gasteiger partial charge in [0.15, 0.2) is 5.78 Å². The van der Waals surface area contributed by atoms with Gasteiger partial charge < -0.3 is 9.80 Å². The highest BCUT2D eigenvalue weighted by Crippen LogP contribution is 2.18. The van der Waals surface area contributed by atoms with Crippen LogP contribution >= 0.6 is 0 Å². The molecule has 1 aromatic carbocycles. The summed E-state index contributed by atoms with van der Waals surface area (Å²) in [5.74, 6) is 0.622. The van der Waals surface area contributed by atoms with E-state index in [9.17, 15) is 19.7 Å². The third-order valence-electron chi connectivity index (χ3n) is 5.28. The molecule has 2 heterocycles. The summed E-state index contributed by atoms with van der Waals surface area (Å²) in [6.45, 7) is 4.40. The first-order chi connectivity index (χ1) is 14.5. The van der Waals surface area contributed by atoms with Crippen LogP contribution in [0.5, 0.6) is 0 Å². The van der Waals surface area contributed by atoms with Crippen LogP contribution in [0.1, 0.15) is 42.1 Å². The van der Waals surface area contributed by atoms with Gasteiger partial charge in [0, 0.05) is 50.7 Å². The fraction of sp³-hybridized carbons (Fsp3) is 0.409. The van der Waals surface area contributed by atoms with Gasteiger partial charge in [-0.3, -0.25) is 19.7 Å². The summed E-state index contributed by atoms with van der Waals surface area (Å²) >= 11 is 0. The van der Waals surface area contributed by atoms with Crippen molar-refractivity contribution in [3.63, 3.8) is 0 Å². The van der Waals surface area contributed by atoms with Crippen molar-refractivity contribution < 1.29 is 14.5 Å². The molecular weight excluding hydrogens is 384 g/mol. The molecule has 1 fully saturated rings. The molecule has 30 heavy (non-hydrogen) atoms. The SMILES string of the molecule is CCCc1ccc(C(=O)CCC(=O)N2CCN(c3ccc([N+](=O)[O-])cn3)CC2)cc1. The van der Waals surface area contributed by atoms with Crippen LogP contribution in [0, 0.1) is 10.1 Å². The molecule has 0 saturated carbocycles. The van der Waals surface area contributed by atoms with E-state index >= 15 is 0 Å². The van der Waals surface area contributed by atoms with Crippen LogP contribution in [-0.2, 0) is 11.2 Å². The van der Waals surface area contributed by atoms with Gasteiger partial charge in [0.05, 0.1) is 4.92 Å². The lowest BCUT2D eigenvalue weighted by Gasteiger charge is -2.35. The minimum Gasteiger partial charge on any atom is -0.353 e. The van der Waals surface area contributed by atoms with Crippen LogP contribution in [0.15, 0.2) is 42.6 Å². The Morgan fingerprint density at radius 3 is 2.30 bits per heavy atom. The number of anilines is 1. The van der Waals surface area contributed by atoms with Crippen LogP contribution in [0.3, 0.4) is 0 Å². The number of hydrogen-bond acceptors (Lipinski definition) is 6. The fourth-order valence-corrected chi connectivity index (χ4v) is 3.53. The number of amides is 1. The number of hydrogen-bond donors (Lipinski definition) is 0. The molecule has 0 N–H and O–H groups in total. The molecule has 0 radical (unpaired) electrons. The summed E-state index contributed by atoms with van der Waals surface area (Å²) in [5, 5.41) is 10.7. The largest absolute Gasteiger partial charge is 0.353 e. The van der Waals surface area contributed by atoms with Gasteiger partial charge in [-0.1, -0.05) is 37.6 Å². The number of ketones is 1. The predicted octanol–water partition coefficient (Wildman–Crippen LogP) is 3.25. The Labute approximate surface area is 175 Å². The number of aryl methyl sites for hydroxylation is 1. The number of nitro groups is 1. The third kappa shape index (κ3) is 5.40. The van der Waals surface area contributed by atoms with Gasteiger partial charge in [0.25, 0.3) is 5.69 Å². The standard InChI is InChI=1S/C22H26N4O4/c1-2-3-17-4-6-18(7-5-17)20(27)9-11-22(28)25-14-12-24(13-15-25)21-10-8-19(16-23-21)26(29)30/h4-8,10,16H,2-3,9,11-15H2,1H3. The normalized spacial score (nSPS) is 13.9. The minimum atomic E-state index is -0.478. The van der Waals surface area contributed by atoms with E-state index in [-0.39, 0.29) is 30.2 Å². The Hall–Kier alpha value is -3.29. The van der Waals surface area contributed by atoms with Crippen molar-refractivity contribution in [2.75, 3.05) is 31.1 Å². The number of aromatic nitrogens is 1. The van der Waals surface area contributed by atoms with E-state index in [2.05, 4.69) is 11.9 Å². The Morgan fingerprint density at radius 2 is 1.73 bits per heavy atom. The second-order valence-electron chi connectivity index (χ2n) is 7.37. The van der Waals surface area contributed by atoms with Gasteiger partial charge in [-0.15, -0.1) is 0 Å². The van der Waals surface area contributed by atoms with Gasteiger partial charge in [0.1, 0.15) is 12.0 Å².